The first-order valence-corrected chi connectivity index (χ1v) is 8.00. The number of nitrogens with one attached hydrogen (secondary N) is 1. The van der Waals surface area contributed by atoms with Crippen LogP contribution >= 0.6 is 0 Å². The molecule has 2 unspecified atom stereocenters. The summed E-state index contributed by atoms with van der Waals surface area (Å²) in [5, 5.41) is 3.66. The lowest BCUT2D eigenvalue weighted by Crippen LogP contribution is -2.45. The van der Waals surface area contributed by atoms with E-state index in [0.29, 0.717) is 0 Å². The summed E-state index contributed by atoms with van der Waals surface area (Å²) in [6.45, 7) is 6.39. The van der Waals surface area contributed by atoms with Gasteiger partial charge in [0.1, 0.15) is 12.4 Å². The lowest BCUT2D eigenvalue weighted by atomic mass is 10.0. The minimum absolute atomic E-state index is 0.719. The number of ether oxygens (including phenoxy) is 1. The molecule has 2 aliphatic heterocycles. The Morgan fingerprint density at radius 3 is 2.80 bits per heavy atom. The monoisotopic (exact) mass is 274 g/mol. The highest BCUT2D eigenvalue weighted by Crippen LogP contribution is 2.24. The van der Waals surface area contributed by atoms with Gasteiger partial charge in [-0.2, -0.15) is 0 Å². The maximum Gasteiger partial charge on any atom is 0.119 e. The summed E-state index contributed by atoms with van der Waals surface area (Å²) in [4.78, 5) is 2.62. The van der Waals surface area contributed by atoms with Gasteiger partial charge in [-0.05, 0) is 57.8 Å². The van der Waals surface area contributed by atoms with Crippen LogP contribution in [0, 0.1) is 6.92 Å². The van der Waals surface area contributed by atoms with Crippen molar-refractivity contribution in [3.8, 4) is 5.75 Å². The van der Waals surface area contributed by atoms with E-state index in [2.05, 4.69) is 41.4 Å². The summed E-state index contributed by atoms with van der Waals surface area (Å²) in [6.07, 6.45) is 5.38. The number of nitrogens with zero attached hydrogens (tertiary/aromatic N) is 1. The van der Waals surface area contributed by atoms with E-state index < -0.39 is 0 Å². The molecule has 3 heteroatoms. The summed E-state index contributed by atoms with van der Waals surface area (Å²) in [5.74, 6) is 0.991. The molecule has 3 nitrogen and oxygen atoms in total. The Kier molecular flexibility index (Phi) is 4.58. The molecule has 0 aliphatic carbocycles. The number of aryl methyl sites for hydroxylation is 1. The van der Waals surface area contributed by atoms with Crippen LogP contribution in [-0.4, -0.2) is 43.2 Å². The van der Waals surface area contributed by atoms with Crippen molar-refractivity contribution in [2.45, 2.75) is 44.7 Å². The fraction of sp³-hybridized carbons (Fsp3) is 0.647. The van der Waals surface area contributed by atoms with E-state index in [1.165, 1.54) is 44.3 Å². The van der Waals surface area contributed by atoms with E-state index in [1.54, 1.807) is 0 Å². The molecule has 2 aliphatic rings. The maximum atomic E-state index is 5.87. The molecule has 2 fully saturated rings. The van der Waals surface area contributed by atoms with E-state index in [0.717, 1.165) is 31.0 Å². The highest BCUT2D eigenvalue weighted by Gasteiger charge is 2.32. The molecule has 0 saturated carbocycles. The maximum absolute atomic E-state index is 5.87. The molecule has 0 bridgehead atoms. The van der Waals surface area contributed by atoms with Crippen molar-refractivity contribution < 1.29 is 4.74 Å². The highest BCUT2D eigenvalue weighted by atomic mass is 16.5. The van der Waals surface area contributed by atoms with E-state index in [1.807, 2.05) is 0 Å². The average Bonchev–Trinajstić information content (AvgIpc) is 3.11. The molecular formula is C17H26N2O. The van der Waals surface area contributed by atoms with Crippen molar-refractivity contribution in [3.05, 3.63) is 29.8 Å². The van der Waals surface area contributed by atoms with E-state index in [-0.39, 0.29) is 0 Å². The Hall–Kier alpha value is -1.06. The minimum Gasteiger partial charge on any atom is -0.492 e. The van der Waals surface area contributed by atoms with Crippen molar-refractivity contribution in [1.29, 1.82) is 0 Å². The Balaban J connectivity index is 1.46. The molecule has 0 aromatic heterocycles. The molecule has 1 N–H and O–H groups in total. The second-order valence-corrected chi connectivity index (χ2v) is 6.11. The highest BCUT2D eigenvalue weighted by molar-refractivity contribution is 5.26. The van der Waals surface area contributed by atoms with Gasteiger partial charge in [0.2, 0.25) is 0 Å². The molecule has 0 spiro atoms. The molecule has 3 rings (SSSR count). The summed E-state index contributed by atoms with van der Waals surface area (Å²) >= 11 is 0. The van der Waals surface area contributed by atoms with Crippen LogP contribution in [0.1, 0.15) is 31.2 Å². The third-order valence-corrected chi connectivity index (χ3v) is 4.65. The van der Waals surface area contributed by atoms with Gasteiger partial charge in [-0.15, -0.1) is 0 Å². The minimum atomic E-state index is 0.719. The van der Waals surface area contributed by atoms with E-state index >= 15 is 0 Å². The third kappa shape index (κ3) is 3.33. The van der Waals surface area contributed by atoms with Crippen molar-refractivity contribution in [1.82, 2.24) is 10.2 Å². The Morgan fingerprint density at radius 2 is 2.05 bits per heavy atom. The molecule has 0 radical (unpaired) electrons. The lowest BCUT2D eigenvalue weighted by molar-refractivity contribution is 0.174. The van der Waals surface area contributed by atoms with Crippen LogP contribution in [0.25, 0.3) is 0 Å². The normalized spacial score (nSPS) is 27.1. The standard InChI is InChI=1S/C17H26N2O/c1-14-6-8-15(9-7-14)20-13-12-19-11-3-5-17(19)16-4-2-10-18-16/h6-9,16-18H,2-5,10-13H2,1H3. The van der Waals surface area contributed by atoms with Crippen LogP contribution in [0.5, 0.6) is 5.75 Å². The van der Waals surface area contributed by atoms with Crippen LogP contribution in [0.3, 0.4) is 0 Å². The SMILES string of the molecule is Cc1ccc(OCCN2CCCC2C2CCCN2)cc1. The zero-order valence-corrected chi connectivity index (χ0v) is 12.5. The van der Waals surface area contributed by atoms with Gasteiger partial charge in [0.05, 0.1) is 0 Å². The summed E-state index contributed by atoms with van der Waals surface area (Å²) in [6, 6.07) is 9.80. The van der Waals surface area contributed by atoms with Gasteiger partial charge in [0.25, 0.3) is 0 Å². The molecule has 2 saturated heterocycles. The van der Waals surface area contributed by atoms with Crippen LogP contribution in [0.4, 0.5) is 0 Å². The van der Waals surface area contributed by atoms with Crippen LogP contribution < -0.4 is 10.1 Å². The molecule has 2 heterocycles. The van der Waals surface area contributed by atoms with Gasteiger partial charge >= 0.3 is 0 Å². The van der Waals surface area contributed by atoms with Gasteiger partial charge in [-0.3, -0.25) is 4.90 Å². The second kappa shape index (κ2) is 6.59. The first-order chi connectivity index (χ1) is 9.83. The smallest absolute Gasteiger partial charge is 0.119 e. The largest absolute Gasteiger partial charge is 0.492 e. The lowest BCUT2D eigenvalue weighted by Gasteiger charge is -2.29. The van der Waals surface area contributed by atoms with Crippen molar-refractivity contribution in [3.63, 3.8) is 0 Å². The quantitative estimate of drug-likeness (QED) is 0.893. The van der Waals surface area contributed by atoms with Crippen molar-refractivity contribution in [2.24, 2.45) is 0 Å². The van der Waals surface area contributed by atoms with Gasteiger partial charge in [0, 0.05) is 18.6 Å². The van der Waals surface area contributed by atoms with Crippen molar-refractivity contribution in [2.75, 3.05) is 26.2 Å². The molecule has 1 aromatic carbocycles. The zero-order chi connectivity index (χ0) is 13.8. The number of benzene rings is 1. The van der Waals surface area contributed by atoms with Gasteiger partial charge in [0.15, 0.2) is 0 Å². The topological polar surface area (TPSA) is 24.5 Å². The molecule has 110 valence electrons. The molecule has 1 aromatic rings. The summed E-state index contributed by atoms with van der Waals surface area (Å²) < 4.78 is 5.87. The zero-order valence-electron chi connectivity index (χ0n) is 12.5. The summed E-state index contributed by atoms with van der Waals surface area (Å²) in [5.41, 5.74) is 1.28. The Bertz CT molecular complexity index is 412. The Labute approximate surface area is 122 Å². The van der Waals surface area contributed by atoms with Crippen LogP contribution in [-0.2, 0) is 0 Å². The average molecular weight is 274 g/mol. The second-order valence-electron chi connectivity index (χ2n) is 6.11. The molecular weight excluding hydrogens is 248 g/mol. The number of hydrogen-bond acceptors (Lipinski definition) is 3. The van der Waals surface area contributed by atoms with E-state index in [9.17, 15) is 0 Å². The fourth-order valence-electron chi connectivity index (χ4n) is 3.54. The van der Waals surface area contributed by atoms with Gasteiger partial charge < -0.3 is 10.1 Å². The van der Waals surface area contributed by atoms with Gasteiger partial charge in [-0.25, -0.2) is 0 Å². The van der Waals surface area contributed by atoms with Crippen LogP contribution in [0.2, 0.25) is 0 Å². The fourth-order valence-corrected chi connectivity index (χ4v) is 3.54. The van der Waals surface area contributed by atoms with Gasteiger partial charge in [-0.1, -0.05) is 17.7 Å². The number of rotatable bonds is 5. The summed E-state index contributed by atoms with van der Waals surface area (Å²) in [7, 11) is 0. The number of hydrogen-bond donors (Lipinski definition) is 1. The predicted octanol–water partition coefficient (Wildman–Crippen LogP) is 2.59. The molecule has 20 heavy (non-hydrogen) atoms. The first kappa shape index (κ1) is 13.9. The van der Waals surface area contributed by atoms with Crippen molar-refractivity contribution >= 4 is 0 Å². The molecule has 0 amide bonds. The third-order valence-electron chi connectivity index (χ3n) is 4.65. The van der Waals surface area contributed by atoms with E-state index in [4.69, 9.17) is 4.74 Å². The predicted molar refractivity (Wildman–Crippen MR) is 82.3 cm³/mol. The Morgan fingerprint density at radius 1 is 1.20 bits per heavy atom. The first-order valence-electron chi connectivity index (χ1n) is 8.00. The molecule has 2 atom stereocenters. The number of likely N-dealkylation sites (tertiary alicyclic amines) is 1. The van der Waals surface area contributed by atoms with Crippen LogP contribution in [0.15, 0.2) is 24.3 Å².